The molecule has 19 heavy (non-hydrogen) atoms. The normalized spacial score (nSPS) is 22.5. The number of β-amino-alcohol motifs (C(OH)–C–C–N with tert-alkyl or cyclic N) is 1. The summed E-state index contributed by atoms with van der Waals surface area (Å²) in [4.78, 5) is 24.4. The van der Waals surface area contributed by atoms with Crippen LogP contribution in [0.3, 0.4) is 0 Å². The van der Waals surface area contributed by atoms with Gasteiger partial charge in [-0.2, -0.15) is 0 Å². The minimum Gasteiger partial charge on any atom is -0.480 e. The number of halogens is 1. The van der Waals surface area contributed by atoms with Crippen LogP contribution < -0.4 is 0 Å². The number of benzene rings is 1. The summed E-state index contributed by atoms with van der Waals surface area (Å²) in [5, 5.41) is 18.6. The van der Waals surface area contributed by atoms with Gasteiger partial charge in [-0.15, -0.1) is 0 Å². The van der Waals surface area contributed by atoms with Crippen LogP contribution in [0.2, 0.25) is 0 Å². The van der Waals surface area contributed by atoms with Gasteiger partial charge in [-0.1, -0.05) is 28.1 Å². The number of amides is 1. The molecule has 0 aromatic heterocycles. The third-order valence-electron chi connectivity index (χ3n) is 3.13. The Hall–Kier alpha value is -1.40. The maximum atomic E-state index is 12.1. The first-order valence-corrected chi connectivity index (χ1v) is 6.71. The lowest BCUT2D eigenvalue weighted by molar-refractivity contribution is -0.148. The van der Waals surface area contributed by atoms with Gasteiger partial charge >= 0.3 is 5.97 Å². The molecule has 0 aliphatic carbocycles. The Morgan fingerprint density at radius 2 is 2.16 bits per heavy atom. The molecule has 0 bridgehead atoms. The molecule has 1 aliphatic rings. The number of carboxylic acid groups (broad SMARTS) is 1. The minimum absolute atomic E-state index is 0.0871. The fourth-order valence-electron chi connectivity index (χ4n) is 2.25. The summed E-state index contributed by atoms with van der Waals surface area (Å²) in [6.07, 6.45) is -0.525. The molecule has 1 aromatic rings. The molecule has 1 aromatic carbocycles. The maximum Gasteiger partial charge on any atom is 0.326 e. The second-order valence-electron chi connectivity index (χ2n) is 4.60. The zero-order valence-corrected chi connectivity index (χ0v) is 11.7. The van der Waals surface area contributed by atoms with E-state index in [1.807, 2.05) is 24.3 Å². The van der Waals surface area contributed by atoms with Crippen LogP contribution in [0.15, 0.2) is 28.7 Å². The van der Waals surface area contributed by atoms with Gasteiger partial charge in [0.25, 0.3) is 0 Å². The summed E-state index contributed by atoms with van der Waals surface area (Å²) in [7, 11) is 0. The van der Waals surface area contributed by atoms with Gasteiger partial charge in [0.2, 0.25) is 5.91 Å². The Labute approximate surface area is 119 Å². The molecule has 1 amide bonds. The van der Waals surface area contributed by atoms with Crippen LogP contribution in [0.4, 0.5) is 0 Å². The van der Waals surface area contributed by atoms with Crippen LogP contribution >= 0.6 is 15.9 Å². The van der Waals surface area contributed by atoms with Crippen molar-refractivity contribution in [3.05, 3.63) is 34.3 Å². The highest BCUT2D eigenvalue weighted by molar-refractivity contribution is 9.10. The topological polar surface area (TPSA) is 77.8 Å². The Kier molecular flexibility index (Phi) is 4.21. The molecule has 1 unspecified atom stereocenters. The second-order valence-corrected chi connectivity index (χ2v) is 5.51. The fraction of sp³-hybridized carbons (Fsp3) is 0.385. The van der Waals surface area contributed by atoms with E-state index in [1.54, 1.807) is 0 Å². The largest absolute Gasteiger partial charge is 0.480 e. The number of aliphatic carboxylic acids is 1. The number of carbonyl (C=O) groups is 2. The number of aliphatic hydroxyl groups is 1. The summed E-state index contributed by atoms with van der Waals surface area (Å²) in [5.41, 5.74) is 0.810. The Bertz CT molecular complexity index is 505. The number of hydrogen-bond acceptors (Lipinski definition) is 3. The molecule has 2 atom stereocenters. The molecule has 102 valence electrons. The van der Waals surface area contributed by atoms with Crippen molar-refractivity contribution in [3.63, 3.8) is 0 Å². The van der Waals surface area contributed by atoms with Crippen molar-refractivity contribution in [2.75, 3.05) is 6.54 Å². The van der Waals surface area contributed by atoms with Gasteiger partial charge in [0.05, 0.1) is 12.5 Å². The lowest BCUT2D eigenvalue weighted by atomic mass is 10.1. The van der Waals surface area contributed by atoms with E-state index in [-0.39, 0.29) is 25.3 Å². The van der Waals surface area contributed by atoms with Crippen LogP contribution in [-0.2, 0) is 16.0 Å². The summed E-state index contributed by atoms with van der Waals surface area (Å²) < 4.78 is 0.869. The van der Waals surface area contributed by atoms with Crippen molar-refractivity contribution in [1.29, 1.82) is 0 Å². The van der Waals surface area contributed by atoms with Crippen LogP contribution in [0.5, 0.6) is 0 Å². The van der Waals surface area contributed by atoms with Gasteiger partial charge in [-0.05, 0) is 17.7 Å². The lowest BCUT2D eigenvalue weighted by Gasteiger charge is -2.21. The molecular formula is C13H14BrNO4. The van der Waals surface area contributed by atoms with E-state index in [1.165, 1.54) is 4.90 Å². The lowest BCUT2D eigenvalue weighted by Crippen LogP contribution is -2.41. The van der Waals surface area contributed by atoms with Crippen molar-refractivity contribution in [3.8, 4) is 0 Å². The number of hydrogen-bond donors (Lipinski definition) is 2. The van der Waals surface area contributed by atoms with Crippen molar-refractivity contribution < 1.29 is 19.8 Å². The van der Waals surface area contributed by atoms with Crippen LogP contribution in [0.1, 0.15) is 12.0 Å². The minimum atomic E-state index is -1.07. The molecule has 1 aliphatic heterocycles. The molecule has 0 saturated carbocycles. The molecule has 2 N–H and O–H groups in total. The predicted molar refractivity (Wildman–Crippen MR) is 71.6 cm³/mol. The smallest absolute Gasteiger partial charge is 0.326 e. The molecule has 1 heterocycles. The quantitative estimate of drug-likeness (QED) is 0.869. The van der Waals surface area contributed by atoms with Crippen LogP contribution in [0, 0.1) is 0 Å². The standard InChI is InChI=1S/C13H14BrNO4/c14-9-3-1-2-8(4-9)5-12(17)15-7-10(16)6-11(15)13(18)19/h1-4,10-11,16H,5-7H2,(H,18,19)/t10?,11-/m0/s1. The molecule has 0 spiro atoms. The number of nitrogens with zero attached hydrogens (tertiary/aromatic N) is 1. The van der Waals surface area contributed by atoms with Gasteiger partial charge in [0, 0.05) is 17.4 Å². The van der Waals surface area contributed by atoms with Gasteiger partial charge in [-0.25, -0.2) is 4.79 Å². The number of carbonyl (C=O) groups excluding carboxylic acids is 1. The number of aliphatic hydroxyl groups excluding tert-OH is 1. The average molecular weight is 328 g/mol. The van der Waals surface area contributed by atoms with E-state index in [0.717, 1.165) is 10.0 Å². The summed E-state index contributed by atoms with van der Waals surface area (Å²) in [5.74, 6) is -1.35. The Morgan fingerprint density at radius 3 is 2.79 bits per heavy atom. The maximum absolute atomic E-state index is 12.1. The molecular weight excluding hydrogens is 314 g/mol. The predicted octanol–water partition coefficient (Wildman–Crippen LogP) is 1.04. The highest BCUT2D eigenvalue weighted by Crippen LogP contribution is 2.20. The van der Waals surface area contributed by atoms with Gasteiger partial charge in [0.15, 0.2) is 0 Å². The molecule has 2 rings (SSSR count). The SMILES string of the molecule is O=C(O)[C@@H]1CC(O)CN1C(=O)Cc1cccc(Br)c1. The highest BCUT2D eigenvalue weighted by atomic mass is 79.9. The number of carboxylic acids is 1. The van der Waals surface area contributed by atoms with E-state index >= 15 is 0 Å². The fourth-order valence-corrected chi connectivity index (χ4v) is 2.69. The van der Waals surface area contributed by atoms with Gasteiger partial charge in [0.1, 0.15) is 6.04 Å². The summed E-state index contributed by atoms with van der Waals surface area (Å²) >= 11 is 3.32. The molecule has 1 saturated heterocycles. The molecule has 0 radical (unpaired) electrons. The zero-order chi connectivity index (χ0) is 14.0. The number of likely N-dealkylation sites (tertiary alicyclic amines) is 1. The third kappa shape index (κ3) is 3.33. The van der Waals surface area contributed by atoms with Gasteiger partial charge < -0.3 is 15.1 Å². The number of rotatable bonds is 3. The first kappa shape index (κ1) is 14.0. The summed E-state index contributed by atoms with van der Waals surface area (Å²) in [6.45, 7) is 0.0871. The first-order valence-electron chi connectivity index (χ1n) is 5.92. The Morgan fingerprint density at radius 1 is 1.42 bits per heavy atom. The van der Waals surface area contributed by atoms with E-state index in [4.69, 9.17) is 5.11 Å². The first-order chi connectivity index (χ1) is 8.97. The monoisotopic (exact) mass is 327 g/mol. The van der Waals surface area contributed by atoms with Crippen molar-refractivity contribution in [1.82, 2.24) is 4.90 Å². The van der Waals surface area contributed by atoms with Crippen molar-refractivity contribution in [2.24, 2.45) is 0 Å². The van der Waals surface area contributed by atoms with E-state index in [0.29, 0.717) is 0 Å². The zero-order valence-electron chi connectivity index (χ0n) is 10.1. The Balaban J connectivity index is 2.09. The van der Waals surface area contributed by atoms with Gasteiger partial charge in [-0.3, -0.25) is 4.79 Å². The molecule has 1 fully saturated rings. The molecule has 5 nitrogen and oxygen atoms in total. The van der Waals surface area contributed by atoms with Crippen molar-refractivity contribution >= 4 is 27.8 Å². The van der Waals surface area contributed by atoms with E-state index < -0.39 is 18.1 Å². The van der Waals surface area contributed by atoms with Crippen LogP contribution in [-0.4, -0.2) is 45.7 Å². The average Bonchev–Trinajstić information content (AvgIpc) is 2.71. The van der Waals surface area contributed by atoms with Crippen molar-refractivity contribution in [2.45, 2.75) is 25.0 Å². The third-order valence-corrected chi connectivity index (χ3v) is 3.62. The second kappa shape index (κ2) is 5.71. The summed E-state index contributed by atoms with van der Waals surface area (Å²) in [6, 6.07) is 6.38. The van der Waals surface area contributed by atoms with E-state index in [9.17, 15) is 14.7 Å². The highest BCUT2D eigenvalue weighted by Gasteiger charge is 2.38. The van der Waals surface area contributed by atoms with E-state index in [2.05, 4.69) is 15.9 Å². The molecule has 6 heteroatoms. The van der Waals surface area contributed by atoms with Crippen LogP contribution in [0.25, 0.3) is 0 Å².